The van der Waals surface area contributed by atoms with Gasteiger partial charge in [-0.25, -0.2) is 0 Å². The van der Waals surface area contributed by atoms with E-state index in [0.717, 1.165) is 44.5 Å². The van der Waals surface area contributed by atoms with E-state index in [2.05, 4.69) is 15.5 Å². The maximum atomic E-state index is 12.1. The van der Waals surface area contributed by atoms with Gasteiger partial charge < -0.3 is 14.7 Å². The van der Waals surface area contributed by atoms with E-state index in [4.69, 9.17) is 4.52 Å². The molecular weight excluding hydrogens is 296 g/mol. The summed E-state index contributed by atoms with van der Waals surface area (Å²) in [6, 6.07) is -0.303. The SMILES string of the molecule is CC(NC(=O)CCN1CCCCCC1=O)c1nc(C2CC2)no1. The van der Waals surface area contributed by atoms with Crippen LogP contribution in [0, 0.1) is 0 Å². The highest BCUT2D eigenvalue weighted by Gasteiger charge is 2.29. The third-order valence-corrected chi connectivity index (χ3v) is 4.43. The van der Waals surface area contributed by atoms with Crippen LogP contribution < -0.4 is 5.32 Å². The minimum atomic E-state index is -0.303. The van der Waals surface area contributed by atoms with Gasteiger partial charge in [-0.2, -0.15) is 4.98 Å². The lowest BCUT2D eigenvalue weighted by Gasteiger charge is -2.20. The van der Waals surface area contributed by atoms with Gasteiger partial charge in [-0.3, -0.25) is 9.59 Å². The summed E-state index contributed by atoms with van der Waals surface area (Å²) in [5.74, 6) is 1.70. The summed E-state index contributed by atoms with van der Waals surface area (Å²) in [6.07, 6.45) is 6.21. The number of carbonyl (C=O) groups is 2. The number of nitrogens with one attached hydrogen (secondary N) is 1. The van der Waals surface area contributed by atoms with Crippen LogP contribution in [-0.2, 0) is 9.59 Å². The summed E-state index contributed by atoms with van der Waals surface area (Å²) in [5, 5.41) is 6.82. The Morgan fingerprint density at radius 1 is 1.39 bits per heavy atom. The monoisotopic (exact) mass is 320 g/mol. The first-order valence-electron chi connectivity index (χ1n) is 8.54. The second-order valence-corrected chi connectivity index (χ2v) is 6.50. The van der Waals surface area contributed by atoms with E-state index >= 15 is 0 Å². The van der Waals surface area contributed by atoms with Gasteiger partial charge in [0.1, 0.15) is 6.04 Å². The van der Waals surface area contributed by atoms with E-state index in [0.29, 0.717) is 31.2 Å². The predicted molar refractivity (Wildman–Crippen MR) is 82.5 cm³/mol. The second kappa shape index (κ2) is 7.10. The Labute approximate surface area is 135 Å². The minimum Gasteiger partial charge on any atom is -0.345 e. The molecule has 1 atom stereocenters. The fraction of sp³-hybridized carbons (Fsp3) is 0.750. The normalized spacial score (nSPS) is 20.2. The Hall–Kier alpha value is -1.92. The molecule has 1 saturated heterocycles. The van der Waals surface area contributed by atoms with Crippen molar-refractivity contribution in [2.24, 2.45) is 0 Å². The largest absolute Gasteiger partial charge is 0.345 e. The van der Waals surface area contributed by atoms with Gasteiger partial charge in [0.05, 0.1) is 0 Å². The highest BCUT2D eigenvalue weighted by atomic mass is 16.5. The van der Waals surface area contributed by atoms with E-state index in [1.165, 1.54) is 0 Å². The predicted octanol–water partition coefficient (Wildman–Crippen LogP) is 1.92. The van der Waals surface area contributed by atoms with Crippen LogP contribution in [0.5, 0.6) is 0 Å². The molecule has 1 aliphatic carbocycles. The lowest BCUT2D eigenvalue weighted by Crippen LogP contribution is -2.35. The molecule has 2 heterocycles. The Balaban J connectivity index is 1.45. The molecule has 1 aromatic rings. The van der Waals surface area contributed by atoms with Gasteiger partial charge in [0, 0.05) is 31.8 Å². The van der Waals surface area contributed by atoms with Crippen LogP contribution in [0.1, 0.15) is 75.5 Å². The number of aromatic nitrogens is 2. The molecule has 0 radical (unpaired) electrons. The van der Waals surface area contributed by atoms with Gasteiger partial charge in [0.25, 0.3) is 0 Å². The zero-order valence-corrected chi connectivity index (χ0v) is 13.6. The van der Waals surface area contributed by atoms with Gasteiger partial charge in [-0.05, 0) is 32.6 Å². The van der Waals surface area contributed by atoms with Crippen molar-refractivity contribution < 1.29 is 14.1 Å². The van der Waals surface area contributed by atoms with Crippen molar-refractivity contribution >= 4 is 11.8 Å². The highest BCUT2D eigenvalue weighted by Crippen LogP contribution is 2.38. The molecule has 1 aromatic heterocycles. The van der Waals surface area contributed by atoms with Crippen LogP contribution in [-0.4, -0.2) is 39.9 Å². The zero-order chi connectivity index (χ0) is 16.2. The summed E-state index contributed by atoms with van der Waals surface area (Å²) < 4.78 is 5.22. The molecule has 3 rings (SSSR count). The highest BCUT2D eigenvalue weighted by molar-refractivity contribution is 5.79. The lowest BCUT2D eigenvalue weighted by molar-refractivity contribution is -0.131. The van der Waals surface area contributed by atoms with Crippen LogP contribution in [0.3, 0.4) is 0 Å². The Morgan fingerprint density at radius 2 is 2.22 bits per heavy atom. The number of amides is 2. The maximum absolute atomic E-state index is 12.1. The summed E-state index contributed by atoms with van der Waals surface area (Å²) >= 11 is 0. The van der Waals surface area contributed by atoms with E-state index in [1.807, 2.05) is 6.92 Å². The Bertz CT molecular complexity index is 567. The van der Waals surface area contributed by atoms with Gasteiger partial charge >= 0.3 is 0 Å². The van der Waals surface area contributed by atoms with E-state index < -0.39 is 0 Å². The summed E-state index contributed by atoms with van der Waals surface area (Å²) in [5.41, 5.74) is 0. The molecule has 2 aliphatic rings. The summed E-state index contributed by atoms with van der Waals surface area (Å²) in [6.45, 7) is 3.07. The molecule has 23 heavy (non-hydrogen) atoms. The number of carbonyl (C=O) groups excluding carboxylic acids is 2. The molecule has 126 valence electrons. The summed E-state index contributed by atoms with van der Waals surface area (Å²) in [7, 11) is 0. The average molecular weight is 320 g/mol. The molecule has 7 nitrogen and oxygen atoms in total. The first-order chi connectivity index (χ1) is 11.1. The van der Waals surface area contributed by atoms with Crippen molar-refractivity contribution in [1.29, 1.82) is 0 Å². The van der Waals surface area contributed by atoms with Crippen LogP contribution in [0.25, 0.3) is 0 Å². The number of rotatable bonds is 6. The minimum absolute atomic E-state index is 0.0966. The standard InChI is InChI=1S/C16H24N4O3/c1-11(16-18-15(19-23-16)12-6-7-12)17-13(21)8-10-20-9-4-2-3-5-14(20)22/h11-12H,2-10H2,1H3,(H,17,21). The van der Waals surface area contributed by atoms with Gasteiger partial charge in [-0.1, -0.05) is 11.6 Å². The maximum Gasteiger partial charge on any atom is 0.248 e. The van der Waals surface area contributed by atoms with Crippen molar-refractivity contribution in [3.63, 3.8) is 0 Å². The van der Waals surface area contributed by atoms with Crippen molar-refractivity contribution in [3.8, 4) is 0 Å². The first kappa shape index (κ1) is 16.0. The molecule has 0 bridgehead atoms. The van der Waals surface area contributed by atoms with E-state index in [9.17, 15) is 9.59 Å². The fourth-order valence-electron chi connectivity index (χ4n) is 2.82. The van der Waals surface area contributed by atoms with Crippen LogP contribution in [0.4, 0.5) is 0 Å². The van der Waals surface area contributed by atoms with Crippen molar-refractivity contribution in [2.75, 3.05) is 13.1 Å². The average Bonchev–Trinajstić information content (AvgIpc) is 3.29. The van der Waals surface area contributed by atoms with Crippen molar-refractivity contribution in [1.82, 2.24) is 20.4 Å². The molecule has 7 heteroatoms. The van der Waals surface area contributed by atoms with E-state index in [-0.39, 0.29) is 17.9 Å². The number of hydrogen-bond donors (Lipinski definition) is 1. The molecule has 2 amide bonds. The molecule has 1 N–H and O–H groups in total. The molecular formula is C16H24N4O3. The van der Waals surface area contributed by atoms with Gasteiger partial charge in [0.15, 0.2) is 5.82 Å². The van der Waals surface area contributed by atoms with Crippen LogP contribution in [0.15, 0.2) is 4.52 Å². The molecule has 1 aliphatic heterocycles. The first-order valence-corrected chi connectivity index (χ1v) is 8.54. The molecule has 2 fully saturated rings. The topological polar surface area (TPSA) is 88.3 Å². The lowest BCUT2D eigenvalue weighted by atomic mass is 10.2. The zero-order valence-electron chi connectivity index (χ0n) is 13.6. The van der Waals surface area contributed by atoms with E-state index in [1.54, 1.807) is 4.90 Å². The van der Waals surface area contributed by atoms with Crippen molar-refractivity contribution in [3.05, 3.63) is 11.7 Å². The number of likely N-dealkylation sites (tertiary alicyclic amines) is 1. The smallest absolute Gasteiger partial charge is 0.248 e. The van der Waals surface area contributed by atoms with Gasteiger partial charge in [0.2, 0.25) is 17.7 Å². The van der Waals surface area contributed by atoms with Crippen LogP contribution >= 0.6 is 0 Å². The Kier molecular flexibility index (Phi) is 4.93. The third-order valence-electron chi connectivity index (χ3n) is 4.43. The number of hydrogen-bond acceptors (Lipinski definition) is 5. The number of nitrogens with zero attached hydrogens (tertiary/aromatic N) is 3. The quantitative estimate of drug-likeness (QED) is 0.865. The fourth-order valence-corrected chi connectivity index (χ4v) is 2.82. The van der Waals surface area contributed by atoms with Gasteiger partial charge in [-0.15, -0.1) is 0 Å². The molecule has 0 aromatic carbocycles. The molecule has 1 unspecified atom stereocenters. The third kappa shape index (κ3) is 4.30. The second-order valence-electron chi connectivity index (χ2n) is 6.50. The summed E-state index contributed by atoms with van der Waals surface area (Å²) in [4.78, 5) is 30.1. The van der Waals surface area contributed by atoms with Crippen LogP contribution in [0.2, 0.25) is 0 Å². The molecule has 0 spiro atoms. The Morgan fingerprint density at radius 3 is 3.00 bits per heavy atom. The van der Waals surface area contributed by atoms with Crippen molar-refractivity contribution in [2.45, 2.75) is 63.8 Å². The molecule has 1 saturated carbocycles.